The number of amides is 1. The van der Waals surface area contributed by atoms with Crippen LogP contribution in [-0.2, 0) is 11.3 Å². The van der Waals surface area contributed by atoms with Crippen LogP contribution in [0.2, 0.25) is 10.0 Å². The van der Waals surface area contributed by atoms with Crippen LogP contribution in [0.3, 0.4) is 0 Å². The fraction of sp³-hybridized carbons (Fsp3) is 0.417. The van der Waals surface area contributed by atoms with E-state index in [1.54, 1.807) is 4.90 Å². The van der Waals surface area contributed by atoms with Crippen molar-refractivity contribution in [3.8, 4) is 0 Å². The zero-order valence-electron chi connectivity index (χ0n) is 9.34. The van der Waals surface area contributed by atoms with Gasteiger partial charge in [-0.15, -0.1) is 0 Å². The summed E-state index contributed by atoms with van der Waals surface area (Å²) in [5.74, 6) is -0.390. The van der Waals surface area contributed by atoms with Crippen LogP contribution in [0, 0.1) is 5.82 Å². The monoisotopic (exact) mass is 275 g/mol. The highest BCUT2D eigenvalue weighted by Gasteiger charge is 2.29. The SMILES string of the molecule is CC1CCC(=O)N1Cc1c(F)ccc(Cl)c1Cl. The van der Waals surface area contributed by atoms with E-state index in [0.29, 0.717) is 17.0 Å². The second kappa shape index (κ2) is 4.83. The molecule has 92 valence electrons. The predicted molar refractivity (Wildman–Crippen MR) is 65.7 cm³/mol. The Morgan fingerprint density at radius 3 is 2.76 bits per heavy atom. The lowest BCUT2D eigenvalue weighted by molar-refractivity contribution is -0.129. The topological polar surface area (TPSA) is 20.3 Å². The molecule has 1 heterocycles. The van der Waals surface area contributed by atoms with E-state index >= 15 is 0 Å². The normalized spacial score (nSPS) is 20.1. The molecule has 1 atom stereocenters. The third-order valence-electron chi connectivity index (χ3n) is 3.10. The van der Waals surface area contributed by atoms with Gasteiger partial charge in [-0.2, -0.15) is 0 Å². The standard InChI is InChI=1S/C12H12Cl2FNO/c1-7-2-5-11(17)16(7)6-8-10(15)4-3-9(13)12(8)14/h3-4,7H,2,5-6H2,1H3. The first-order valence-corrected chi connectivity index (χ1v) is 6.18. The van der Waals surface area contributed by atoms with Crippen molar-refractivity contribution in [1.29, 1.82) is 0 Å². The Kier molecular flexibility index (Phi) is 3.59. The lowest BCUT2D eigenvalue weighted by Crippen LogP contribution is -2.30. The average Bonchev–Trinajstić information content (AvgIpc) is 2.60. The number of halogens is 3. The zero-order chi connectivity index (χ0) is 12.6. The molecule has 0 N–H and O–H groups in total. The third-order valence-corrected chi connectivity index (χ3v) is 3.94. The predicted octanol–water partition coefficient (Wildman–Crippen LogP) is 3.64. The van der Waals surface area contributed by atoms with Crippen LogP contribution in [0.4, 0.5) is 4.39 Å². The van der Waals surface area contributed by atoms with Crippen molar-refractivity contribution in [3.63, 3.8) is 0 Å². The minimum absolute atomic E-state index is 0.0351. The summed E-state index contributed by atoms with van der Waals surface area (Å²) in [6.45, 7) is 2.13. The molecule has 0 spiro atoms. The van der Waals surface area contributed by atoms with Gasteiger partial charge in [0.2, 0.25) is 5.91 Å². The van der Waals surface area contributed by atoms with Gasteiger partial charge in [-0.05, 0) is 25.5 Å². The lowest BCUT2D eigenvalue weighted by atomic mass is 10.2. The Labute approximate surface area is 109 Å². The van der Waals surface area contributed by atoms with Crippen molar-refractivity contribution in [2.45, 2.75) is 32.4 Å². The Balaban J connectivity index is 2.30. The number of benzene rings is 1. The summed E-state index contributed by atoms with van der Waals surface area (Å²) in [4.78, 5) is 13.3. The van der Waals surface area contributed by atoms with Gasteiger partial charge in [-0.3, -0.25) is 4.79 Å². The smallest absolute Gasteiger partial charge is 0.223 e. The largest absolute Gasteiger partial charge is 0.335 e. The molecule has 1 aromatic rings. The number of carbonyl (C=O) groups is 1. The molecule has 1 aliphatic rings. The van der Waals surface area contributed by atoms with Gasteiger partial charge in [0.15, 0.2) is 0 Å². The van der Waals surface area contributed by atoms with Gasteiger partial charge in [0, 0.05) is 18.0 Å². The first-order chi connectivity index (χ1) is 8.00. The Morgan fingerprint density at radius 1 is 1.47 bits per heavy atom. The molecular formula is C12H12Cl2FNO. The van der Waals surface area contributed by atoms with Crippen LogP contribution in [0.15, 0.2) is 12.1 Å². The molecule has 2 nitrogen and oxygen atoms in total. The minimum Gasteiger partial charge on any atom is -0.335 e. The summed E-state index contributed by atoms with van der Waals surface area (Å²) in [7, 11) is 0. The van der Waals surface area contributed by atoms with Crippen LogP contribution < -0.4 is 0 Å². The molecular weight excluding hydrogens is 264 g/mol. The van der Waals surface area contributed by atoms with E-state index in [0.717, 1.165) is 6.42 Å². The van der Waals surface area contributed by atoms with Crippen LogP contribution in [-0.4, -0.2) is 16.8 Å². The number of hydrogen-bond donors (Lipinski definition) is 0. The molecule has 1 fully saturated rings. The lowest BCUT2D eigenvalue weighted by Gasteiger charge is -2.22. The highest BCUT2D eigenvalue weighted by Crippen LogP contribution is 2.31. The number of rotatable bonds is 2. The van der Waals surface area contributed by atoms with Crippen molar-refractivity contribution >= 4 is 29.1 Å². The van der Waals surface area contributed by atoms with Crippen LogP contribution in [0.25, 0.3) is 0 Å². The Morgan fingerprint density at radius 2 is 2.18 bits per heavy atom. The molecule has 1 saturated heterocycles. The second-order valence-electron chi connectivity index (χ2n) is 4.23. The Hall–Kier alpha value is -0.800. The fourth-order valence-electron chi connectivity index (χ4n) is 2.01. The quantitative estimate of drug-likeness (QED) is 0.755. The molecule has 0 aliphatic carbocycles. The van der Waals surface area contributed by atoms with Gasteiger partial charge in [-0.25, -0.2) is 4.39 Å². The molecule has 5 heteroatoms. The van der Waals surface area contributed by atoms with Gasteiger partial charge >= 0.3 is 0 Å². The minimum atomic E-state index is -0.425. The molecule has 1 aliphatic heterocycles. The van der Waals surface area contributed by atoms with Gasteiger partial charge in [0.25, 0.3) is 0 Å². The molecule has 0 bridgehead atoms. The van der Waals surface area contributed by atoms with Crippen molar-refractivity contribution in [2.75, 3.05) is 0 Å². The molecule has 0 saturated carbocycles. The van der Waals surface area contributed by atoms with E-state index in [1.807, 2.05) is 6.92 Å². The average molecular weight is 276 g/mol. The number of likely N-dealkylation sites (tertiary alicyclic amines) is 1. The van der Waals surface area contributed by atoms with E-state index in [-0.39, 0.29) is 23.5 Å². The summed E-state index contributed by atoms with van der Waals surface area (Å²) < 4.78 is 13.7. The molecule has 0 radical (unpaired) electrons. The molecule has 2 rings (SSSR count). The Bertz CT molecular complexity index is 464. The van der Waals surface area contributed by atoms with Crippen molar-refractivity contribution in [1.82, 2.24) is 4.90 Å². The van der Waals surface area contributed by atoms with Crippen LogP contribution in [0.5, 0.6) is 0 Å². The molecule has 1 aromatic carbocycles. The van der Waals surface area contributed by atoms with E-state index in [9.17, 15) is 9.18 Å². The highest BCUT2D eigenvalue weighted by atomic mass is 35.5. The van der Waals surface area contributed by atoms with Crippen LogP contribution in [0.1, 0.15) is 25.3 Å². The van der Waals surface area contributed by atoms with E-state index < -0.39 is 5.82 Å². The summed E-state index contributed by atoms with van der Waals surface area (Å²) in [5.41, 5.74) is 0.293. The highest BCUT2D eigenvalue weighted by molar-refractivity contribution is 6.42. The summed E-state index contributed by atoms with van der Waals surface area (Å²) in [6, 6.07) is 2.81. The van der Waals surface area contributed by atoms with Crippen molar-refractivity contribution in [3.05, 3.63) is 33.6 Å². The first-order valence-electron chi connectivity index (χ1n) is 5.42. The summed E-state index contributed by atoms with van der Waals surface area (Å²) in [6.07, 6.45) is 1.32. The second-order valence-corrected chi connectivity index (χ2v) is 5.02. The van der Waals surface area contributed by atoms with E-state index in [1.165, 1.54) is 12.1 Å². The zero-order valence-corrected chi connectivity index (χ0v) is 10.9. The maximum Gasteiger partial charge on any atom is 0.223 e. The van der Waals surface area contributed by atoms with E-state index in [2.05, 4.69) is 0 Å². The maximum absolute atomic E-state index is 13.7. The van der Waals surface area contributed by atoms with Gasteiger partial charge in [0.05, 0.1) is 16.6 Å². The van der Waals surface area contributed by atoms with Crippen molar-refractivity contribution < 1.29 is 9.18 Å². The molecule has 1 amide bonds. The molecule has 17 heavy (non-hydrogen) atoms. The first kappa shape index (κ1) is 12.7. The number of nitrogens with zero attached hydrogens (tertiary/aromatic N) is 1. The number of hydrogen-bond acceptors (Lipinski definition) is 1. The molecule has 1 unspecified atom stereocenters. The van der Waals surface area contributed by atoms with E-state index in [4.69, 9.17) is 23.2 Å². The van der Waals surface area contributed by atoms with Gasteiger partial charge in [0.1, 0.15) is 5.82 Å². The third kappa shape index (κ3) is 2.40. The fourth-order valence-corrected chi connectivity index (χ4v) is 2.40. The summed E-state index contributed by atoms with van der Waals surface area (Å²) in [5, 5.41) is 0.501. The van der Waals surface area contributed by atoms with Gasteiger partial charge in [-0.1, -0.05) is 23.2 Å². The van der Waals surface area contributed by atoms with Crippen molar-refractivity contribution in [2.24, 2.45) is 0 Å². The maximum atomic E-state index is 13.7. The van der Waals surface area contributed by atoms with Gasteiger partial charge < -0.3 is 4.90 Å². The molecule has 0 aromatic heterocycles. The summed E-state index contributed by atoms with van der Waals surface area (Å²) >= 11 is 11.8. The number of carbonyl (C=O) groups excluding carboxylic acids is 1. The van der Waals surface area contributed by atoms with Crippen LogP contribution >= 0.6 is 23.2 Å².